The summed E-state index contributed by atoms with van der Waals surface area (Å²) in [6.07, 6.45) is 7.80. The maximum Gasteiger partial charge on any atom is 0.216 e. The van der Waals surface area contributed by atoms with Gasteiger partial charge in [0.25, 0.3) is 0 Å². The summed E-state index contributed by atoms with van der Waals surface area (Å²) < 4.78 is 27.6. The lowest BCUT2D eigenvalue weighted by Gasteiger charge is -2.06. The normalized spacial score (nSPS) is 12.7. The van der Waals surface area contributed by atoms with Gasteiger partial charge in [0, 0.05) is 60.0 Å². The fourth-order valence-corrected chi connectivity index (χ4v) is 4.57. The maximum absolute atomic E-state index is 13.4. The van der Waals surface area contributed by atoms with Crippen molar-refractivity contribution in [2.24, 2.45) is 10.7 Å². The van der Waals surface area contributed by atoms with Crippen LogP contribution in [0.5, 0.6) is 0 Å². The molecule has 4 N–H and O–H groups in total. The summed E-state index contributed by atoms with van der Waals surface area (Å²) in [5.74, 6) is 0.246. The molecule has 10 heteroatoms. The fourth-order valence-electron chi connectivity index (χ4n) is 3.49. The minimum Gasteiger partial charge on any atom is -0.404 e. The van der Waals surface area contributed by atoms with Crippen LogP contribution in [0.1, 0.15) is 17.0 Å². The molecule has 2 aromatic heterocycles. The number of hydrogen-bond donors (Lipinski definition) is 3. The van der Waals surface area contributed by atoms with Crippen LogP contribution < -0.4 is 15.9 Å². The van der Waals surface area contributed by atoms with Crippen LogP contribution in [0, 0.1) is 0 Å². The molecule has 2 heterocycles. The van der Waals surface area contributed by atoms with Crippen LogP contribution in [0.25, 0.3) is 27.2 Å². The maximum atomic E-state index is 13.4. The van der Waals surface area contributed by atoms with Gasteiger partial charge < -0.3 is 10.7 Å². The first kappa shape index (κ1) is 22.3. The zero-order chi connectivity index (χ0) is 23.4. The van der Waals surface area contributed by atoms with Gasteiger partial charge in [0.1, 0.15) is 5.82 Å². The quantitative estimate of drug-likeness (QED) is 0.359. The molecular formula is C23H22N6O3S. The van der Waals surface area contributed by atoms with Crippen molar-refractivity contribution in [3.05, 3.63) is 88.4 Å². The molecule has 0 aliphatic heterocycles. The molecule has 0 radical (unpaired) electrons. The van der Waals surface area contributed by atoms with Gasteiger partial charge in [-0.1, -0.05) is 18.2 Å². The summed E-state index contributed by atoms with van der Waals surface area (Å²) in [7, 11) is -2.01. The van der Waals surface area contributed by atoms with E-state index in [4.69, 9.17) is 5.73 Å². The van der Waals surface area contributed by atoms with E-state index in [1.807, 2.05) is 0 Å². The number of nitrogens with one attached hydrogen (secondary N) is 2. The third-order valence-electron chi connectivity index (χ3n) is 5.10. The molecule has 0 atom stereocenters. The van der Waals surface area contributed by atoms with Gasteiger partial charge in [-0.25, -0.2) is 18.1 Å². The number of nitrogens with two attached hydrogens (primary N) is 1. The number of fused-ring (bicyclic) bond motifs is 2. The lowest BCUT2D eigenvalue weighted by molar-refractivity contribution is 0.579. The van der Waals surface area contributed by atoms with Crippen LogP contribution in [-0.2, 0) is 22.3 Å². The van der Waals surface area contributed by atoms with Crippen molar-refractivity contribution in [1.29, 1.82) is 0 Å². The monoisotopic (exact) mass is 462 g/mol. The Morgan fingerprint density at radius 2 is 2.00 bits per heavy atom. The number of H-pyrrole nitrogens is 1. The lowest BCUT2D eigenvalue weighted by Crippen LogP contribution is -2.25. The molecule has 0 bridgehead atoms. The number of aromatic amines is 1. The number of allylic oxidation sites excluding steroid dienone is 1. The van der Waals surface area contributed by atoms with Crippen molar-refractivity contribution in [1.82, 2.24) is 19.7 Å². The number of rotatable bonds is 7. The summed E-state index contributed by atoms with van der Waals surface area (Å²) in [5, 5.41) is 1.50. The summed E-state index contributed by atoms with van der Waals surface area (Å²) in [5.41, 5.74) is 7.77. The SMILES string of the molecule is CN=CC(=CN)c1cnc2ccc3ccc(CS(=O)(=O)NCc4ncc[nH]4)cc3c(=O)c2c1. The van der Waals surface area contributed by atoms with Gasteiger partial charge in [0.05, 0.1) is 17.8 Å². The van der Waals surface area contributed by atoms with Gasteiger partial charge in [0.2, 0.25) is 10.0 Å². The minimum absolute atomic E-state index is 0.0574. The first-order valence-corrected chi connectivity index (χ1v) is 11.7. The smallest absolute Gasteiger partial charge is 0.216 e. The van der Waals surface area contributed by atoms with Crippen molar-refractivity contribution in [3.63, 3.8) is 0 Å². The highest BCUT2D eigenvalue weighted by Crippen LogP contribution is 2.20. The zero-order valence-corrected chi connectivity index (χ0v) is 18.6. The van der Waals surface area contributed by atoms with Crippen LogP contribution >= 0.6 is 0 Å². The van der Waals surface area contributed by atoms with E-state index in [9.17, 15) is 13.2 Å². The summed E-state index contributed by atoms with van der Waals surface area (Å²) in [6, 6.07) is 10.3. The van der Waals surface area contributed by atoms with Crippen LogP contribution in [0.4, 0.5) is 0 Å². The highest BCUT2D eigenvalue weighted by Gasteiger charge is 2.14. The molecule has 9 nitrogen and oxygen atoms in total. The first-order chi connectivity index (χ1) is 15.9. The molecule has 33 heavy (non-hydrogen) atoms. The standard InChI is InChI=1S/C23H22N6O3S/c1-25-11-18(10-24)17-9-20-21(28-12-17)5-4-16-3-2-15(8-19(16)23(20)30)14-33(31,32)29-13-22-26-6-7-27-22/h2-12,29H,13-14,24H2,1H3,(H,26,27). The molecule has 0 aliphatic rings. The van der Waals surface area contributed by atoms with Gasteiger partial charge in [-0.05, 0) is 29.1 Å². The molecule has 0 fully saturated rings. The molecule has 0 aliphatic carbocycles. The number of hydrogen-bond acceptors (Lipinski definition) is 7. The number of pyridine rings is 1. The number of imidazole rings is 1. The number of sulfonamides is 1. The van der Waals surface area contributed by atoms with E-state index < -0.39 is 10.0 Å². The Morgan fingerprint density at radius 1 is 1.18 bits per heavy atom. The zero-order valence-electron chi connectivity index (χ0n) is 17.8. The molecule has 168 valence electrons. The van der Waals surface area contributed by atoms with Crippen molar-refractivity contribution in [2.75, 3.05) is 7.05 Å². The van der Waals surface area contributed by atoms with Crippen LogP contribution in [0.15, 0.2) is 71.0 Å². The molecule has 0 unspecified atom stereocenters. The average molecular weight is 463 g/mol. The van der Waals surface area contributed by atoms with Gasteiger partial charge >= 0.3 is 0 Å². The van der Waals surface area contributed by atoms with E-state index in [0.29, 0.717) is 44.2 Å². The Bertz CT molecular complexity index is 1540. The Balaban J connectivity index is 1.74. The molecule has 0 saturated heterocycles. The van der Waals surface area contributed by atoms with E-state index in [-0.39, 0.29) is 17.7 Å². The summed E-state index contributed by atoms with van der Waals surface area (Å²) >= 11 is 0. The van der Waals surface area contributed by atoms with Crippen LogP contribution in [0.3, 0.4) is 0 Å². The Kier molecular flexibility index (Phi) is 6.29. The van der Waals surface area contributed by atoms with Crippen molar-refractivity contribution >= 4 is 43.5 Å². The lowest BCUT2D eigenvalue weighted by atomic mass is 10.1. The highest BCUT2D eigenvalue weighted by atomic mass is 32.2. The van der Waals surface area contributed by atoms with E-state index in [1.54, 1.807) is 68.3 Å². The van der Waals surface area contributed by atoms with Gasteiger partial charge in [-0.3, -0.25) is 14.8 Å². The topological polar surface area (TPSA) is 143 Å². The van der Waals surface area contributed by atoms with Crippen LogP contribution in [0.2, 0.25) is 0 Å². The van der Waals surface area contributed by atoms with E-state index >= 15 is 0 Å². The average Bonchev–Trinajstić information content (AvgIpc) is 3.29. The number of benzene rings is 1. The summed E-state index contributed by atoms with van der Waals surface area (Å²) in [4.78, 5) is 28.6. The van der Waals surface area contributed by atoms with E-state index in [1.165, 1.54) is 6.20 Å². The van der Waals surface area contributed by atoms with Gasteiger partial charge in [0.15, 0.2) is 5.43 Å². The largest absolute Gasteiger partial charge is 0.404 e. The molecule has 4 aromatic rings. The second-order valence-electron chi connectivity index (χ2n) is 7.37. The van der Waals surface area contributed by atoms with Gasteiger partial charge in [-0.2, -0.15) is 0 Å². The molecule has 0 spiro atoms. The third kappa shape index (κ3) is 4.97. The van der Waals surface area contributed by atoms with Crippen molar-refractivity contribution in [2.45, 2.75) is 12.3 Å². The van der Waals surface area contributed by atoms with Crippen LogP contribution in [-0.4, -0.2) is 36.6 Å². The van der Waals surface area contributed by atoms with Gasteiger partial charge in [-0.15, -0.1) is 0 Å². The number of nitrogens with zero attached hydrogens (tertiary/aromatic N) is 3. The second kappa shape index (κ2) is 9.31. The number of aliphatic imine (C=N–C) groups is 1. The first-order valence-electron chi connectivity index (χ1n) is 10.1. The molecule has 0 amide bonds. The number of aromatic nitrogens is 3. The molecular weight excluding hydrogens is 440 g/mol. The Hall–Kier alpha value is -3.89. The van der Waals surface area contributed by atoms with E-state index in [2.05, 4.69) is 24.7 Å². The molecule has 2 aromatic carbocycles. The predicted molar refractivity (Wildman–Crippen MR) is 130 cm³/mol. The Labute approximate surface area is 190 Å². The third-order valence-corrected chi connectivity index (χ3v) is 6.40. The summed E-state index contributed by atoms with van der Waals surface area (Å²) in [6.45, 7) is 0.0574. The van der Waals surface area contributed by atoms with E-state index in [0.717, 1.165) is 0 Å². The minimum atomic E-state index is -3.64. The second-order valence-corrected chi connectivity index (χ2v) is 9.17. The van der Waals surface area contributed by atoms with Crippen molar-refractivity contribution in [3.8, 4) is 0 Å². The van der Waals surface area contributed by atoms with Crippen molar-refractivity contribution < 1.29 is 8.42 Å². The Morgan fingerprint density at radius 3 is 2.73 bits per heavy atom. The molecule has 0 saturated carbocycles. The predicted octanol–water partition coefficient (Wildman–Crippen LogP) is 2.09. The molecule has 4 rings (SSSR count). The fraction of sp³-hybridized carbons (Fsp3) is 0.130. The highest BCUT2D eigenvalue weighted by molar-refractivity contribution is 7.88.